The van der Waals surface area contributed by atoms with Gasteiger partial charge < -0.3 is 0 Å². The maximum absolute atomic E-state index is 12.5. The van der Waals surface area contributed by atoms with E-state index in [-0.39, 0.29) is 5.91 Å². The molecule has 5 nitrogen and oxygen atoms in total. The minimum Gasteiger partial charge on any atom is -0.296 e. The van der Waals surface area contributed by atoms with Gasteiger partial charge in [0.2, 0.25) is 5.13 Å². The lowest BCUT2D eigenvalue weighted by Crippen LogP contribution is -2.09. The molecule has 0 bridgehead atoms. The van der Waals surface area contributed by atoms with Crippen molar-refractivity contribution in [2.24, 2.45) is 0 Å². The minimum atomic E-state index is -0.223. The van der Waals surface area contributed by atoms with Gasteiger partial charge in [-0.2, -0.15) is 9.36 Å². The molecule has 1 N–H and O–H groups in total. The van der Waals surface area contributed by atoms with E-state index in [1.165, 1.54) is 28.4 Å². The van der Waals surface area contributed by atoms with Gasteiger partial charge in [0.25, 0.3) is 5.91 Å². The summed E-state index contributed by atoms with van der Waals surface area (Å²) in [4.78, 5) is 21.9. The molecule has 0 radical (unpaired) electrons. The highest BCUT2D eigenvalue weighted by Gasteiger charge is 2.15. The number of nitrogens with one attached hydrogen (secondary N) is 1. The normalized spacial score (nSPS) is 10.7. The predicted molar refractivity (Wildman–Crippen MR) is 110 cm³/mol. The smallest absolute Gasteiger partial charge is 0.269 e. The second-order valence-corrected chi connectivity index (χ2v) is 7.87. The van der Waals surface area contributed by atoms with E-state index in [1.54, 1.807) is 6.20 Å². The number of rotatable bonds is 4. The summed E-state index contributed by atoms with van der Waals surface area (Å²) in [5.74, 6) is 0.385. The average Bonchev–Trinajstić information content (AvgIpc) is 3.32. The second kappa shape index (κ2) is 7.38. The zero-order valence-corrected chi connectivity index (χ0v) is 16.4. The van der Waals surface area contributed by atoms with Crippen molar-refractivity contribution >= 4 is 33.9 Å². The summed E-state index contributed by atoms with van der Waals surface area (Å²) in [6.07, 6.45) is 1.60. The SMILES string of the molecule is Cc1ccc(-c2ncc(C(=O)Nc3nc(-c4ccccc4)ns3)s2)c(C)c1. The van der Waals surface area contributed by atoms with Crippen LogP contribution in [0.5, 0.6) is 0 Å². The Morgan fingerprint density at radius 1 is 1.07 bits per heavy atom. The van der Waals surface area contributed by atoms with Crippen LogP contribution in [0.15, 0.2) is 54.7 Å². The van der Waals surface area contributed by atoms with Gasteiger partial charge in [0.1, 0.15) is 9.88 Å². The van der Waals surface area contributed by atoms with Crippen LogP contribution >= 0.6 is 22.9 Å². The number of aryl methyl sites for hydroxylation is 2. The first-order chi connectivity index (χ1) is 13.1. The fraction of sp³-hybridized carbons (Fsp3) is 0.100. The van der Waals surface area contributed by atoms with Crippen molar-refractivity contribution in [3.63, 3.8) is 0 Å². The molecule has 0 saturated heterocycles. The first-order valence-electron chi connectivity index (χ1n) is 8.34. The van der Waals surface area contributed by atoms with E-state index in [4.69, 9.17) is 0 Å². The summed E-state index contributed by atoms with van der Waals surface area (Å²) >= 11 is 2.54. The van der Waals surface area contributed by atoms with E-state index in [1.807, 2.05) is 36.4 Å². The Labute approximate surface area is 164 Å². The third-order valence-corrected chi connectivity index (χ3v) is 5.68. The molecule has 0 aliphatic carbocycles. The number of benzene rings is 2. The van der Waals surface area contributed by atoms with E-state index in [9.17, 15) is 4.79 Å². The molecule has 2 aromatic heterocycles. The first kappa shape index (κ1) is 17.5. The number of nitrogens with zero attached hydrogens (tertiary/aromatic N) is 3. The Balaban J connectivity index is 1.51. The van der Waals surface area contributed by atoms with Gasteiger partial charge in [-0.1, -0.05) is 54.1 Å². The molecule has 1 amide bonds. The summed E-state index contributed by atoms with van der Waals surface area (Å²) in [7, 11) is 0. The summed E-state index contributed by atoms with van der Waals surface area (Å²) in [6.45, 7) is 4.11. The summed E-state index contributed by atoms with van der Waals surface area (Å²) < 4.78 is 4.31. The molecule has 0 atom stereocenters. The van der Waals surface area contributed by atoms with Crippen molar-refractivity contribution in [3.8, 4) is 22.0 Å². The van der Waals surface area contributed by atoms with Gasteiger partial charge in [0.15, 0.2) is 5.82 Å². The van der Waals surface area contributed by atoms with Crippen LogP contribution < -0.4 is 5.32 Å². The van der Waals surface area contributed by atoms with Crippen LogP contribution in [0.25, 0.3) is 22.0 Å². The van der Waals surface area contributed by atoms with Crippen molar-refractivity contribution in [2.75, 3.05) is 5.32 Å². The molecule has 2 aromatic carbocycles. The molecule has 0 aliphatic heterocycles. The lowest BCUT2D eigenvalue weighted by molar-refractivity contribution is 0.103. The van der Waals surface area contributed by atoms with E-state index in [0.717, 1.165) is 21.7 Å². The second-order valence-electron chi connectivity index (χ2n) is 6.09. The molecule has 4 aromatic rings. The standard InChI is InChI=1S/C20H16N4OS2/c1-12-8-9-15(13(2)10-12)19-21-11-16(26-19)18(25)23-20-22-17(24-27-20)14-6-4-3-5-7-14/h3-11H,1-2H3,(H,22,23,24,25). The molecule has 27 heavy (non-hydrogen) atoms. The number of hydrogen-bond donors (Lipinski definition) is 1. The van der Waals surface area contributed by atoms with Crippen LogP contribution in [-0.4, -0.2) is 20.2 Å². The Bertz CT molecular complexity index is 1100. The number of hydrogen-bond acceptors (Lipinski definition) is 6. The van der Waals surface area contributed by atoms with Gasteiger partial charge >= 0.3 is 0 Å². The van der Waals surface area contributed by atoms with Crippen molar-refractivity contribution in [2.45, 2.75) is 13.8 Å². The Kier molecular flexibility index (Phi) is 4.79. The largest absolute Gasteiger partial charge is 0.296 e. The van der Waals surface area contributed by atoms with Crippen molar-refractivity contribution in [3.05, 3.63) is 70.7 Å². The fourth-order valence-corrected chi connectivity index (χ4v) is 4.18. The number of carbonyl (C=O) groups is 1. The fourth-order valence-electron chi connectivity index (χ4n) is 2.69. The molecule has 7 heteroatoms. The lowest BCUT2D eigenvalue weighted by atomic mass is 10.1. The maximum Gasteiger partial charge on any atom is 0.269 e. The monoisotopic (exact) mass is 392 g/mol. The number of aromatic nitrogens is 3. The molecule has 0 saturated carbocycles. The zero-order chi connectivity index (χ0) is 18.8. The molecular formula is C20H16N4OS2. The van der Waals surface area contributed by atoms with Crippen LogP contribution in [-0.2, 0) is 0 Å². The molecule has 0 unspecified atom stereocenters. The summed E-state index contributed by atoms with van der Waals surface area (Å²) in [6, 6.07) is 15.9. The topological polar surface area (TPSA) is 67.8 Å². The van der Waals surface area contributed by atoms with Crippen LogP contribution in [0.3, 0.4) is 0 Å². The van der Waals surface area contributed by atoms with Gasteiger partial charge in [-0.15, -0.1) is 11.3 Å². The van der Waals surface area contributed by atoms with E-state index >= 15 is 0 Å². The zero-order valence-electron chi connectivity index (χ0n) is 14.8. The van der Waals surface area contributed by atoms with Crippen molar-refractivity contribution in [1.82, 2.24) is 14.3 Å². The predicted octanol–water partition coefficient (Wildman–Crippen LogP) is 5.20. The summed E-state index contributed by atoms with van der Waals surface area (Å²) in [5, 5.41) is 4.12. The van der Waals surface area contributed by atoms with E-state index < -0.39 is 0 Å². The van der Waals surface area contributed by atoms with E-state index in [0.29, 0.717) is 15.8 Å². The average molecular weight is 393 g/mol. The molecule has 4 rings (SSSR count). The van der Waals surface area contributed by atoms with Crippen LogP contribution in [0.4, 0.5) is 5.13 Å². The van der Waals surface area contributed by atoms with Crippen molar-refractivity contribution in [1.29, 1.82) is 0 Å². The van der Waals surface area contributed by atoms with Gasteiger partial charge in [-0.3, -0.25) is 10.1 Å². The van der Waals surface area contributed by atoms with Gasteiger partial charge in [0.05, 0.1) is 6.20 Å². The van der Waals surface area contributed by atoms with Crippen LogP contribution in [0.2, 0.25) is 0 Å². The molecular weight excluding hydrogens is 376 g/mol. The Hall–Kier alpha value is -2.90. The summed E-state index contributed by atoms with van der Waals surface area (Å²) in [5.41, 5.74) is 4.32. The lowest BCUT2D eigenvalue weighted by Gasteiger charge is -2.03. The third kappa shape index (κ3) is 3.79. The Morgan fingerprint density at radius 2 is 1.89 bits per heavy atom. The van der Waals surface area contributed by atoms with Gasteiger partial charge in [-0.25, -0.2) is 4.98 Å². The molecule has 0 spiro atoms. The number of amides is 1. The number of carbonyl (C=O) groups excluding carboxylic acids is 1. The highest BCUT2D eigenvalue weighted by atomic mass is 32.1. The molecule has 0 aliphatic rings. The molecule has 134 valence electrons. The number of thiazole rings is 1. The van der Waals surface area contributed by atoms with Gasteiger partial charge in [-0.05, 0) is 19.4 Å². The third-order valence-electron chi connectivity index (χ3n) is 4.02. The minimum absolute atomic E-state index is 0.223. The van der Waals surface area contributed by atoms with Crippen LogP contribution in [0.1, 0.15) is 20.8 Å². The van der Waals surface area contributed by atoms with E-state index in [2.05, 4.69) is 45.6 Å². The first-order valence-corrected chi connectivity index (χ1v) is 9.93. The quantitative estimate of drug-likeness (QED) is 0.518. The number of anilines is 1. The molecule has 2 heterocycles. The Morgan fingerprint density at radius 3 is 2.67 bits per heavy atom. The molecule has 0 fully saturated rings. The van der Waals surface area contributed by atoms with Crippen molar-refractivity contribution < 1.29 is 4.79 Å². The highest BCUT2D eigenvalue weighted by Crippen LogP contribution is 2.29. The van der Waals surface area contributed by atoms with Gasteiger partial charge in [0, 0.05) is 22.7 Å². The maximum atomic E-state index is 12.5. The highest BCUT2D eigenvalue weighted by molar-refractivity contribution is 7.17. The van der Waals surface area contributed by atoms with Crippen LogP contribution in [0, 0.1) is 13.8 Å².